The molecule has 0 radical (unpaired) electrons. The van der Waals surface area contributed by atoms with Crippen LogP contribution in [0.4, 0.5) is 17.5 Å². The summed E-state index contributed by atoms with van der Waals surface area (Å²) in [6.45, 7) is 0. The molecule has 0 aliphatic heterocycles. The van der Waals surface area contributed by atoms with Gasteiger partial charge in [0.25, 0.3) is 0 Å². The van der Waals surface area contributed by atoms with Gasteiger partial charge in [-0.2, -0.15) is 15.1 Å². The van der Waals surface area contributed by atoms with E-state index in [1.807, 2.05) is 0 Å². The monoisotopic (exact) mass is 280 g/mol. The molecule has 0 atom stereocenters. The van der Waals surface area contributed by atoms with Gasteiger partial charge in [-0.25, -0.2) is 0 Å². The van der Waals surface area contributed by atoms with Crippen molar-refractivity contribution in [2.24, 2.45) is 0 Å². The van der Waals surface area contributed by atoms with Crippen LogP contribution in [-0.2, 0) is 12.8 Å². The van der Waals surface area contributed by atoms with E-state index in [-0.39, 0.29) is 0 Å². The van der Waals surface area contributed by atoms with Gasteiger partial charge < -0.3 is 10.6 Å². The molecule has 6 heteroatoms. The molecule has 6 nitrogen and oxygen atoms in total. The molecule has 0 fully saturated rings. The lowest BCUT2D eigenvalue weighted by molar-refractivity contribution is 0.912. The number of anilines is 3. The molecule has 3 aromatic rings. The summed E-state index contributed by atoms with van der Waals surface area (Å²) in [5.74, 6) is 1.33. The fourth-order valence-electron chi connectivity index (χ4n) is 2.83. The Morgan fingerprint density at radius 2 is 2.05 bits per heavy atom. The van der Waals surface area contributed by atoms with E-state index in [0.717, 1.165) is 29.0 Å². The summed E-state index contributed by atoms with van der Waals surface area (Å²) in [5, 5.41) is 14.2. The SMILES string of the molecule is CNc1nc(Nc2ccc3c(c2)CCC3)c2cn[nH]c2n1. The minimum Gasteiger partial charge on any atom is -0.357 e. The summed E-state index contributed by atoms with van der Waals surface area (Å²) in [5.41, 5.74) is 4.68. The Balaban J connectivity index is 1.75. The van der Waals surface area contributed by atoms with Crippen molar-refractivity contribution >= 4 is 28.5 Å². The summed E-state index contributed by atoms with van der Waals surface area (Å²) in [4.78, 5) is 8.82. The van der Waals surface area contributed by atoms with E-state index < -0.39 is 0 Å². The Morgan fingerprint density at radius 3 is 2.95 bits per heavy atom. The number of fused-ring (bicyclic) bond motifs is 2. The topological polar surface area (TPSA) is 78.5 Å². The van der Waals surface area contributed by atoms with Gasteiger partial charge in [-0.05, 0) is 42.5 Å². The van der Waals surface area contributed by atoms with Crippen LogP contribution in [0.1, 0.15) is 17.5 Å². The van der Waals surface area contributed by atoms with E-state index in [0.29, 0.717) is 5.95 Å². The molecule has 1 aromatic carbocycles. The van der Waals surface area contributed by atoms with Crippen molar-refractivity contribution in [2.75, 3.05) is 17.7 Å². The summed E-state index contributed by atoms with van der Waals surface area (Å²) >= 11 is 0. The summed E-state index contributed by atoms with van der Waals surface area (Å²) in [6, 6.07) is 6.53. The molecule has 106 valence electrons. The molecule has 1 aliphatic rings. The maximum absolute atomic E-state index is 4.49. The second-order valence-corrected chi connectivity index (χ2v) is 5.24. The van der Waals surface area contributed by atoms with Crippen LogP contribution in [0.2, 0.25) is 0 Å². The summed E-state index contributed by atoms with van der Waals surface area (Å²) in [7, 11) is 1.80. The lowest BCUT2D eigenvalue weighted by Crippen LogP contribution is -2.01. The molecular weight excluding hydrogens is 264 g/mol. The normalized spacial score (nSPS) is 13.4. The number of H-pyrrole nitrogens is 1. The molecule has 1 aliphatic carbocycles. The number of rotatable bonds is 3. The zero-order valence-electron chi connectivity index (χ0n) is 11.8. The number of benzene rings is 1. The Bertz CT molecular complexity index is 807. The molecule has 21 heavy (non-hydrogen) atoms. The third-order valence-corrected chi connectivity index (χ3v) is 3.89. The van der Waals surface area contributed by atoms with Gasteiger partial charge in [0.15, 0.2) is 5.65 Å². The van der Waals surface area contributed by atoms with Crippen LogP contribution in [0.25, 0.3) is 11.0 Å². The van der Waals surface area contributed by atoms with Crippen LogP contribution in [0.5, 0.6) is 0 Å². The molecule has 0 amide bonds. The third kappa shape index (κ3) is 2.08. The Kier molecular flexibility index (Phi) is 2.73. The van der Waals surface area contributed by atoms with Gasteiger partial charge in [0.05, 0.1) is 11.6 Å². The van der Waals surface area contributed by atoms with Crippen LogP contribution in [0, 0.1) is 0 Å². The van der Waals surface area contributed by atoms with Crippen molar-refractivity contribution < 1.29 is 0 Å². The number of hydrogen-bond donors (Lipinski definition) is 3. The second kappa shape index (κ2) is 4.73. The maximum Gasteiger partial charge on any atom is 0.226 e. The molecule has 0 bridgehead atoms. The van der Waals surface area contributed by atoms with Gasteiger partial charge in [0, 0.05) is 12.7 Å². The number of nitrogens with zero attached hydrogens (tertiary/aromatic N) is 3. The van der Waals surface area contributed by atoms with E-state index in [2.05, 4.69) is 49.0 Å². The van der Waals surface area contributed by atoms with Crippen LogP contribution >= 0.6 is 0 Å². The van der Waals surface area contributed by atoms with Crippen LogP contribution in [-0.4, -0.2) is 27.2 Å². The van der Waals surface area contributed by atoms with Crippen molar-refractivity contribution in [3.8, 4) is 0 Å². The Labute approximate surface area is 122 Å². The molecule has 4 rings (SSSR count). The highest BCUT2D eigenvalue weighted by molar-refractivity contribution is 5.89. The van der Waals surface area contributed by atoms with E-state index in [4.69, 9.17) is 0 Å². The quantitative estimate of drug-likeness (QED) is 0.687. The lowest BCUT2D eigenvalue weighted by atomic mass is 10.1. The number of aryl methyl sites for hydroxylation is 2. The van der Waals surface area contributed by atoms with Crippen LogP contribution in [0.3, 0.4) is 0 Å². The van der Waals surface area contributed by atoms with Gasteiger partial charge in [0.1, 0.15) is 5.82 Å². The lowest BCUT2D eigenvalue weighted by Gasteiger charge is -2.09. The molecule has 3 N–H and O–H groups in total. The predicted molar refractivity (Wildman–Crippen MR) is 83.0 cm³/mol. The van der Waals surface area contributed by atoms with Crippen molar-refractivity contribution in [1.82, 2.24) is 20.2 Å². The van der Waals surface area contributed by atoms with E-state index in [9.17, 15) is 0 Å². The average Bonchev–Trinajstić information content (AvgIpc) is 3.14. The van der Waals surface area contributed by atoms with Gasteiger partial charge >= 0.3 is 0 Å². The molecular formula is C15H16N6. The first kappa shape index (κ1) is 12.1. The fourth-order valence-corrected chi connectivity index (χ4v) is 2.83. The van der Waals surface area contributed by atoms with Gasteiger partial charge in [0.2, 0.25) is 5.95 Å². The maximum atomic E-state index is 4.49. The van der Waals surface area contributed by atoms with Crippen molar-refractivity contribution in [3.05, 3.63) is 35.5 Å². The average molecular weight is 280 g/mol. The first-order valence-corrected chi connectivity index (χ1v) is 7.11. The molecule has 2 heterocycles. The number of aromatic amines is 1. The Hall–Kier alpha value is -2.63. The van der Waals surface area contributed by atoms with Gasteiger partial charge in [-0.15, -0.1) is 0 Å². The first-order valence-electron chi connectivity index (χ1n) is 7.11. The van der Waals surface area contributed by atoms with Crippen molar-refractivity contribution in [2.45, 2.75) is 19.3 Å². The number of hydrogen-bond acceptors (Lipinski definition) is 5. The largest absolute Gasteiger partial charge is 0.357 e. The standard InChI is InChI=1S/C15H16N6/c1-16-15-19-13(12-8-17-21-14(12)20-15)18-11-6-5-9-3-2-4-10(9)7-11/h5-8H,2-4H2,1H3,(H3,16,17,18,19,20,21). The molecule has 0 unspecified atom stereocenters. The van der Waals surface area contributed by atoms with Crippen molar-refractivity contribution in [3.63, 3.8) is 0 Å². The van der Waals surface area contributed by atoms with Crippen LogP contribution in [0.15, 0.2) is 24.4 Å². The minimum atomic E-state index is 0.565. The molecule has 0 spiro atoms. The Morgan fingerprint density at radius 1 is 1.14 bits per heavy atom. The zero-order valence-corrected chi connectivity index (χ0v) is 11.8. The predicted octanol–water partition coefficient (Wildman–Crippen LogP) is 2.63. The van der Waals surface area contributed by atoms with Gasteiger partial charge in [-0.1, -0.05) is 6.07 Å². The molecule has 0 saturated heterocycles. The highest BCUT2D eigenvalue weighted by Crippen LogP contribution is 2.28. The van der Waals surface area contributed by atoms with E-state index in [1.165, 1.54) is 24.0 Å². The second-order valence-electron chi connectivity index (χ2n) is 5.24. The summed E-state index contributed by atoms with van der Waals surface area (Å²) in [6.07, 6.45) is 5.35. The zero-order chi connectivity index (χ0) is 14.2. The third-order valence-electron chi connectivity index (χ3n) is 3.89. The van der Waals surface area contributed by atoms with Gasteiger partial charge in [-0.3, -0.25) is 5.10 Å². The fraction of sp³-hybridized carbons (Fsp3) is 0.267. The number of aromatic nitrogens is 4. The van der Waals surface area contributed by atoms with E-state index in [1.54, 1.807) is 13.2 Å². The highest BCUT2D eigenvalue weighted by atomic mass is 15.2. The highest BCUT2D eigenvalue weighted by Gasteiger charge is 2.13. The first-order chi connectivity index (χ1) is 10.3. The van der Waals surface area contributed by atoms with Crippen molar-refractivity contribution in [1.29, 1.82) is 0 Å². The van der Waals surface area contributed by atoms with Crippen LogP contribution < -0.4 is 10.6 Å². The molecule has 0 saturated carbocycles. The minimum absolute atomic E-state index is 0.565. The smallest absolute Gasteiger partial charge is 0.226 e. The number of nitrogens with one attached hydrogen (secondary N) is 3. The molecule has 2 aromatic heterocycles. The summed E-state index contributed by atoms with van der Waals surface area (Å²) < 4.78 is 0. The van der Waals surface area contributed by atoms with E-state index >= 15 is 0 Å².